The lowest BCUT2D eigenvalue weighted by Crippen LogP contribution is -2.41. The maximum absolute atomic E-state index is 12.0. The molecular weight excluding hydrogens is 275 g/mol. The van der Waals surface area contributed by atoms with Gasteiger partial charge in [0.15, 0.2) is 0 Å². The Hall–Kier alpha value is -0.840. The second kappa shape index (κ2) is 5.87. The minimum absolute atomic E-state index is 0.0620. The second-order valence-electron chi connectivity index (χ2n) is 4.28. The van der Waals surface area contributed by atoms with E-state index in [-0.39, 0.29) is 33.9 Å². The van der Waals surface area contributed by atoms with E-state index in [9.17, 15) is 4.79 Å². The Balaban J connectivity index is 2.04. The number of ether oxygens (including phenoxy) is 1. The average molecular weight is 289 g/mol. The van der Waals surface area contributed by atoms with Crippen LogP contribution in [0.2, 0.25) is 10.2 Å². The van der Waals surface area contributed by atoms with Crippen LogP contribution in [0, 0.1) is 0 Å². The lowest BCUT2D eigenvalue weighted by molar-refractivity contribution is 0.0709. The topological polar surface area (TPSA) is 51.2 Å². The van der Waals surface area contributed by atoms with Crippen LogP contribution in [0.15, 0.2) is 12.1 Å². The molecule has 2 atom stereocenters. The monoisotopic (exact) mass is 288 g/mol. The van der Waals surface area contributed by atoms with Gasteiger partial charge in [-0.15, -0.1) is 0 Å². The number of amides is 1. The number of aromatic nitrogens is 1. The van der Waals surface area contributed by atoms with Gasteiger partial charge in [0.1, 0.15) is 10.8 Å². The molecule has 0 unspecified atom stereocenters. The molecule has 18 heavy (non-hydrogen) atoms. The van der Waals surface area contributed by atoms with Gasteiger partial charge >= 0.3 is 0 Å². The summed E-state index contributed by atoms with van der Waals surface area (Å²) in [5, 5.41) is 3.37. The first-order chi connectivity index (χ1) is 8.58. The minimum atomic E-state index is -0.328. The van der Waals surface area contributed by atoms with Crippen molar-refractivity contribution in [3.63, 3.8) is 0 Å². The summed E-state index contributed by atoms with van der Waals surface area (Å²) in [5.41, 5.74) is 0.147. The molecule has 6 heteroatoms. The van der Waals surface area contributed by atoms with E-state index in [0.29, 0.717) is 0 Å². The number of nitrogens with one attached hydrogen (secondary N) is 1. The van der Waals surface area contributed by atoms with E-state index in [0.717, 1.165) is 19.4 Å². The number of rotatable bonds is 3. The smallest absolute Gasteiger partial charge is 0.271 e. The number of carbonyl (C=O) groups is 1. The summed E-state index contributed by atoms with van der Waals surface area (Å²) in [4.78, 5) is 15.9. The molecule has 0 bridgehead atoms. The predicted molar refractivity (Wildman–Crippen MR) is 70.2 cm³/mol. The summed E-state index contributed by atoms with van der Waals surface area (Å²) in [5.74, 6) is -0.328. The lowest BCUT2D eigenvalue weighted by Gasteiger charge is -2.19. The number of nitrogens with zero attached hydrogens (tertiary/aromatic N) is 1. The Morgan fingerprint density at radius 2 is 2.33 bits per heavy atom. The molecule has 1 amide bonds. The lowest BCUT2D eigenvalue weighted by atomic mass is 10.1. The summed E-state index contributed by atoms with van der Waals surface area (Å²) < 4.78 is 5.51. The fourth-order valence-corrected chi connectivity index (χ4v) is 2.28. The van der Waals surface area contributed by atoms with Crippen molar-refractivity contribution in [1.82, 2.24) is 10.3 Å². The van der Waals surface area contributed by atoms with Crippen LogP contribution in [0.1, 0.15) is 30.3 Å². The quantitative estimate of drug-likeness (QED) is 0.870. The maximum atomic E-state index is 12.0. The number of hydrogen-bond donors (Lipinski definition) is 1. The van der Waals surface area contributed by atoms with Crippen LogP contribution >= 0.6 is 23.2 Å². The van der Waals surface area contributed by atoms with Crippen LogP contribution in [0.4, 0.5) is 0 Å². The Labute approximate surface area is 116 Å². The first-order valence-electron chi connectivity index (χ1n) is 5.82. The normalized spacial score (nSPS) is 20.7. The first kappa shape index (κ1) is 13.6. The van der Waals surface area contributed by atoms with Gasteiger partial charge < -0.3 is 10.1 Å². The maximum Gasteiger partial charge on any atom is 0.271 e. The molecule has 0 aromatic carbocycles. The fourth-order valence-electron chi connectivity index (χ4n) is 1.94. The van der Waals surface area contributed by atoms with E-state index in [4.69, 9.17) is 27.9 Å². The molecule has 98 valence electrons. The van der Waals surface area contributed by atoms with Gasteiger partial charge in [-0.1, -0.05) is 23.2 Å². The van der Waals surface area contributed by atoms with Crippen molar-refractivity contribution in [1.29, 1.82) is 0 Å². The Kier molecular flexibility index (Phi) is 4.43. The highest BCUT2D eigenvalue weighted by molar-refractivity contribution is 6.34. The largest absolute Gasteiger partial charge is 0.376 e. The molecule has 1 aromatic heterocycles. The third-order valence-corrected chi connectivity index (χ3v) is 3.42. The fraction of sp³-hybridized carbons (Fsp3) is 0.500. The van der Waals surface area contributed by atoms with Gasteiger partial charge in [0, 0.05) is 6.61 Å². The molecule has 2 heterocycles. The Bertz CT molecular complexity index is 448. The number of hydrogen-bond acceptors (Lipinski definition) is 3. The zero-order valence-electron chi connectivity index (χ0n) is 9.95. The molecule has 0 saturated carbocycles. The van der Waals surface area contributed by atoms with Crippen LogP contribution in [-0.2, 0) is 4.74 Å². The van der Waals surface area contributed by atoms with Crippen molar-refractivity contribution in [2.45, 2.75) is 31.9 Å². The molecular formula is C12H14Cl2N2O2. The van der Waals surface area contributed by atoms with Crippen LogP contribution in [0.3, 0.4) is 0 Å². The van der Waals surface area contributed by atoms with Crippen molar-refractivity contribution >= 4 is 29.1 Å². The zero-order chi connectivity index (χ0) is 13.1. The average Bonchev–Trinajstić information content (AvgIpc) is 2.85. The molecule has 2 rings (SSSR count). The molecule has 0 radical (unpaired) electrons. The highest BCUT2D eigenvalue weighted by Gasteiger charge is 2.25. The van der Waals surface area contributed by atoms with Crippen molar-refractivity contribution in [3.05, 3.63) is 28.0 Å². The van der Waals surface area contributed by atoms with E-state index in [1.165, 1.54) is 0 Å². The molecule has 1 aliphatic rings. The van der Waals surface area contributed by atoms with Gasteiger partial charge in [-0.2, -0.15) is 0 Å². The van der Waals surface area contributed by atoms with Crippen LogP contribution in [-0.4, -0.2) is 29.6 Å². The summed E-state index contributed by atoms with van der Waals surface area (Å²) in [6.07, 6.45) is 2.05. The van der Waals surface area contributed by atoms with Gasteiger partial charge in [-0.25, -0.2) is 4.98 Å². The van der Waals surface area contributed by atoms with E-state index < -0.39 is 0 Å². The molecule has 1 N–H and O–H groups in total. The highest BCUT2D eigenvalue weighted by Crippen LogP contribution is 2.19. The van der Waals surface area contributed by atoms with Crippen LogP contribution in [0.5, 0.6) is 0 Å². The number of halogens is 2. The predicted octanol–water partition coefficient (Wildman–Crippen LogP) is 2.69. The van der Waals surface area contributed by atoms with Gasteiger partial charge in [0.25, 0.3) is 5.91 Å². The number of pyridine rings is 1. The van der Waals surface area contributed by atoms with E-state index in [1.54, 1.807) is 12.1 Å². The third-order valence-electron chi connectivity index (χ3n) is 2.91. The standard InChI is InChI=1S/C12H14Cl2N2O2/c1-7(9-3-2-6-18-9)15-12(17)11-8(13)4-5-10(14)16-11/h4-5,7,9H,2-3,6H2,1H3,(H,15,17)/t7-,9-/m1/s1. The highest BCUT2D eigenvalue weighted by atomic mass is 35.5. The molecule has 1 aromatic rings. The second-order valence-corrected chi connectivity index (χ2v) is 5.07. The SMILES string of the molecule is C[C@@H](NC(=O)c1nc(Cl)ccc1Cl)[C@H]1CCCO1. The van der Waals surface area contributed by atoms with Crippen molar-refractivity contribution in [3.8, 4) is 0 Å². The van der Waals surface area contributed by atoms with Gasteiger partial charge in [0.05, 0.1) is 17.2 Å². The Morgan fingerprint density at radius 1 is 1.56 bits per heavy atom. The van der Waals surface area contributed by atoms with Gasteiger partial charge in [0.2, 0.25) is 0 Å². The number of carbonyl (C=O) groups excluding carboxylic acids is 1. The zero-order valence-corrected chi connectivity index (χ0v) is 11.5. The summed E-state index contributed by atoms with van der Waals surface area (Å²) >= 11 is 11.7. The van der Waals surface area contributed by atoms with Crippen LogP contribution < -0.4 is 5.32 Å². The Morgan fingerprint density at radius 3 is 3.00 bits per heavy atom. The van der Waals surface area contributed by atoms with Gasteiger partial charge in [-0.05, 0) is 31.9 Å². The van der Waals surface area contributed by atoms with Crippen LogP contribution in [0.25, 0.3) is 0 Å². The summed E-state index contributed by atoms with van der Waals surface area (Å²) in [6.45, 7) is 2.66. The van der Waals surface area contributed by atoms with E-state index >= 15 is 0 Å². The summed E-state index contributed by atoms with van der Waals surface area (Å²) in [6, 6.07) is 3.03. The van der Waals surface area contributed by atoms with Crippen molar-refractivity contribution in [2.24, 2.45) is 0 Å². The van der Waals surface area contributed by atoms with Crippen molar-refractivity contribution in [2.75, 3.05) is 6.61 Å². The van der Waals surface area contributed by atoms with E-state index in [2.05, 4.69) is 10.3 Å². The third kappa shape index (κ3) is 3.13. The molecule has 1 fully saturated rings. The molecule has 1 saturated heterocycles. The minimum Gasteiger partial charge on any atom is -0.376 e. The van der Waals surface area contributed by atoms with Gasteiger partial charge in [-0.3, -0.25) is 4.79 Å². The molecule has 1 aliphatic heterocycles. The first-order valence-corrected chi connectivity index (χ1v) is 6.58. The van der Waals surface area contributed by atoms with Crippen molar-refractivity contribution < 1.29 is 9.53 Å². The summed E-state index contributed by atoms with van der Waals surface area (Å²) in [7, 11) is 0. The molecule has 0 spiro atoms. The molecule has 4 nitrogen and oxygen atoms in total. The van der Waals surface area contributed by atoms with E-state index in [1.807, 2.05) is 6.92 Å². The molecule has 0 aliphatic carbocycles.